The second-order valence-corrected chi connectivity index (χ2v) is 7.71. The molecule has 8 heteroatoms. The number of aryl methyl sites for hydroxylation is 1. The summed E-state index contributed by atoms with van der Waals surface area (Å²) in [4.78, 5) is 51.3. The minimum Gasteiger partial charge on any atom is -0.482 e. The SMILES string of the molecule is O=C1COc2ccc(C(=O)CN3C(=O)NC4(CCCc5ccccc54)C3=O)cc2N1. The summed E-state index contributed by atoms with van der Waals surface area (Å²) in [7, 11) is 0. The van der Waals surface area contributed by atoms with Gasteiger partial charge < -0.3 is 15.4 Å². The van der Waals surface area contributed by atoms with E-state index in [1.165, 1.54) is 6.07 Å². The monoisotopic (exact) mass is 405 g/mol. The lowest BCUT2D eigenvalue weighted by Crippen LogP contribution is -2.46. The number of amides is 4. The van der Waals surface area contributed by atoms with Gasteiger partial charge in [0.25, 0.3) is 11.8 Å². The first-order chi connectivity index (χ1) is 14.5. The number of nitrogens with zero attached hydrogens (tertiary/aromatic N) is 1. The average Bonchev–Trinajstić information content (AvgIpc) is 2.98. The third kappa shape index (κ3) is 2.75. The summed E-state index contributed by atoms with van der Waals surface area (Å²) in [5.41, 5.74) is 1.41. The predicted molar refractivity (Wildman–Crippen MR) is 106 cm³/mol. The van der Waals surface area contributed by atoms with E-state index in [2.05, 4.69) is 10.6 Å². The molecular formula is C22H19N3O5. The fourth-order valence-corrected chi connectivity index (χ4v) is 4.45. The second-order valence-electron chi connectivity index (χ2n) is 7.71. The average molecular weight is 405 g/mol. The molecule has 30 heavy (non-hydrogen) atoms. The first-order valence-electron chi connectivity index (χ1n) is 9.80. The van der Waals surface area contributed by atoms with Gasteiger partial charge in [0.2, 0.25) is 0 Å². The first kappa shape index (κ1) is 18.4. The number of hydrogen-bond acceptors (Lipinski definition) is 5. The topological polar surface area (TPSA) is 105 Å². The van der Waals surface area contributed by atoms with Crippen molar-refractivity contribution in [3.05, 3.63) is 59.2 Å². The van der Waals surface area contributed by atoms with Crippen molar-refractivity contribution in [2.24, 2.45) is 0 Å². The molecule has 0 saturated carbocycles. The number of imide groups is 1. The van der Waals surface area contributed by atoms with Crippen LogP contribution in [-0.2, 0) is 21.5 Å². The molecule has 2 N–H and O–H groups in total. The van der Waals surface area contributed by atoms with Crippen molar-refractivity contribution < 1.29 is 23.9 Å². The number of benzene rings is 2. The van der Waals surface area contributed by atoms with Crippen LogP contribution < -0.4 is 15.4 Å². The Hall–Kier alpha value is -3.68. The largest absolute Gasteiger partial charge is 0.482 e. The van der Waals surface area contributed by atoms with Crippen LogP contribution >= 0.6 is 0 Å². The molecule has 1 saturated heterocycles. The standard InChI is InChI=1S/C22H19N3O5/c26-17(14-7-8-18-16(10-14)23-19(27)12-30-18)11-25-20(28)22(24-21(25)29)9-3-5-13-4-1-2-6-15(13)22/h1-2,4,6-8,10H,3,5,9,11-12H2,(H,23,27)(H,24,29). The van der Waals surface area contributed by atoms with Gasteiger partial charge in [0, 0.05) is 5.56 Å². The summed E-state index contributed by atoms with van der Waals surface area (Å²) >= 11 is 0. The smallest absolute Gasteiger partial charge is 0.325 e. The lowest BCUT2D eigenvalue weighted by atomic mass is 9.76. The number of nitrogens with one attached hydrogen (secondary N) is 2. The molecule has 0 radical (unpaired) electrons. The van der Waals surface area contributed by atoms with Gasteiger partial charge in [0.15, 0.2) is 12.4 Å². The van der Waals surface area contributed by atoms with Crippen molar-refractivity contribution in [3.63, 3.8) is 0 Å². The van der Waals surface area contributed by atoms with Gasteiger partial charge in [-0.3, -0.25) is 19.3 Å². The fourth-order valence-electron chi connectivity index (χ4n) is 4.45. The molecular weight excluding hydrogens is 386 g/mol. The van der Waals surface area contributed by atoms with E-state index in [-0.39, 0.29) is 24.6 Å². The molecule has 3 aliphatic rings. The van der Waals surface area contributed by atoms with Crippen LogP contribution in [0.15, 0.2) is 42.5 Å². The van der Waals surface area contributed by atoms with E-state index in [9.17, 15) is 19.2 Å². The normalized spacial score (nSPS) is 22.1. The van der Waals surface area contributed by atoms with E-state index in [4.69, 9.17) is 4.74 Å². The van der Waals surface area contributed by atoms with Crippen molar-refractivity contribution in [3.8, 4) is 5.75 Å². The van der Waals surface area contributed by atoms with Gasteiger partial charge in [-0.25, -0.2) is 4.79 Å². The molecule has 2 aromatic rings. The number of hydrogen-bond donors (Lipinski definition) is 2. The predicted octanol–water partition coefficient (Wildman–Crippen LogP) is 1.98. The van der Waals surface area contributed by atoms with Crippen LogP contribution in [-0.4, -0.2) is 41.7 Å². The second kappa shape index (κ2) is 6.69. The highest BCUT2D eigenvalue weighted by Crippen LogP contribution is 2.40. The zero-order valence-electron chi connectivity index (χ0n) is 16.1. The van der Waals surface area contributed by atoms with E-state index >= 15 is 0 Å². The molecule has 4 amide bonds. The zero-order chi connectivity index (χ0) is 20.9. The van der Waals surface area contributed by atoms with Gasteiger partial charge in [-0.15, -0.1) is 0 Å². The Morgan fingerprint density at radius 3 is 2.83 bits per heavy atom. The highest BCUT2D eigenvalue weighted by Gasteiger charge is 2.54. The lowest BCUT2D eigenvalue weighted by Gasteiger charge is -2.33. The van der Waals surface area contributed by atoms with Gasteiger partial charge >= 0.3 is 6.03 Å². The Bertz CT molecular complexity index is 1110. The quantitative estimate of drug-likeness (QED) is 0.600. The first-order valence-corrected chi connectivity index (χ1v) is 9.80. The van der Waals surface area contributed by atoms with Crippen LogP contribution in [0.2, 0.25) is 0 Å². The molecule has 0 aromatic heterocycles. The third-order valence-electron chi connectivity index (χ3n) is 5.89. The van der Waals surface area contributed by atoms with E-state index in [1.807, 2.05) is 24.3 Å². The van der Waals surface area contributed by atoms with Gasteiger partial charge in [0.1, 0.15) is 11.3 Å². The number of rotatable bonds is 3. The Kier molecular flexibility index (Phi) is 4.09. The van der Waals surface area contributed by atoms with E-state index in [1.54, 1.807) is 12.1 Å². The number of urea groups is 1. The number of fused-ring (bicyclic) bond motifs is 3. The molecule has 2 aromatic carbocycles. The van der Waals surface area contributed by atoms with Crippen LogP contribution in [0.5, 0.6) is 5.75 Å². The van der Waals surface area contributed by atoms with Crippen LogP contribution in [0.25, 0.3) is 0 Å². The molecule has 0 bridgehead atoms. The summed E-state index contributed by atoms with van der Waals surface area (Å²) in [5.74, 6) is -0.636. The van der Waals surface area contributed by atoms with Crippen molar-refractivity contribution in [1.82, 2.24) is 10.2 Å². The maximum absolute atomic E-state index is 13.3. The number of anilines is 1. The number of carbonyl (C=O) groups is 4. The van der Waals surface area contributed by atoms with Gasteiger partial charge in [-0.05, 0) is 48.6 Å². The van der Waals surface area contributed by atoms with Gasteiger partial charge in [-0.2, -0.15) is 0 Å². The van der Waals surface area contributed by atoms with E-state index < -0.39 is 23.3 Å². The third-order valence-corrected chi connectivity index (χ3v) is 5.89. The minimum absolute atomic E-state index is 0.0771. The van der Waals surface area contributed by atoms with Crippen molar-refractivity contribution in [1.29, 1.82) is 0 Å². The molecule has 8 nitrogen and oxygen atoms in total. The fraction of sp³-hybridized carbons (Fsp3) is 0.273. The maximum Gasteiger partial charge on any atom is 0.325 e. The summed E-state index contributed by atoms with van der Waals surface area (Å²) in [6, 6.07) is 11.7. The van der Waals surface area contributed by atoms with Gasteiger partial charge in [0.05, 0.1) is 12.2 Å². The van der Waals surface area contributed by atoms with Crippen LogP contribution in [0.3, 0.4) is 0 Å². The molecule has 1 spiro atoms. The maximum atomic E-state index is 13.3. The highest BCUT2D eigenvalue weighted by molar-refractivity contribution is 6.12. The molecule has 5 rings (SSSR count). The summed E-state index contributed by atoms with van der Waals surface area (Å²) in [5, 5.41) is 5.49. The molecule has 2 heterocycles. The number of ether oxygens (including phenoxy) is 1. The molecule has 2 aliphatic heterocycles. The van der Waals surface area contributed by atoms with Crippen molar-refractivity contribution in [2.75, 3.05) is 18.5 Å². The number of carbonyl (C=O) groups excluding carboxylic acids is 4. The Balaban J connectivity index is 1.41. The van der Waals surface area contributed by atoms with Crippen LogP contribution in [0.4, 0.5) is 10.5 Å². The van der Waals surface area contributed by atoms with Crippen molar-refractivity contribution in [2.45, 2.75) is 24.8 Å². The summed E-state index contributed by atoms with van der Waals surface area (Å²) < 4.78 is 5.29. The Morgan fingerprint density at radius 1 is 1.13 bits per heavy atom. The molecule has 152 valence electrons. The molecule has 1 atom stereocenters. The molecule has 1 aliphatic carbocycles. The lowest BCUT2D eigenvalue weighted by molar-refractivity contribution is -0.131. The Morgan fingerprint density at radius 2 is 1.97 bits per heavy atom. The summed E-state index contributed by atoms with van der Waals surface area (Å²) in [6.07, 6.45) is 2.12. The Labute approximate surface area is 172 Å². The van der Waals surface area contributed by atoms with E-state index in [0.717, 1.165) is 28.9 Å². The molecule has 1 unspecified atom stereocenters. The van der Waals surface area contributed by atoms with E-state index in [0.29, 0.717) is 17.9 Å². The van der Waals surface area contributed by atoms with Gasteiger partial charge in [-0.1, -0.05) is 24.3 Å². The zero-order valence-corrected chi connectivity index (χ0v) is 16.1. The minimum atomic E-state index is -1.11. The number of ketones is 1. The number of Topliss-reactive ketones (excluding diaryl/α,β-unsaturated/α-hetero) is 1. The summed E-state index contributed by atoms with van der Waals surface area (Å²) in [6.45, 7) is -0.450. The van der Waals surface area contributed by atoms with Crippen molar-refractivity contribution >= 4 is 29.3 Å². The highest BCUT2D eigenvalue weighted by atomic mass is 16.5. The molecule has 1 fully saturated rings. The van der Waals surface area contributed by atoms with Crippen LogP contribution in [0, 0.1) is 0 Å². The van der Waals surface area contributed by atoms with Crippen LogP contribution in [0.1, 0.15) is 34.3 Å².